The summed E-state index contributed by atoms with van der Waals surface area (Å²) in [6.07, 6.45) is 0. The zero-order chi connectivity index (χ0) is 21.0. The van der Waals surface area contributed by atoms with Gasteiger partial charge in [-0.25, -0.2) is 0 Å². The summed E-state index contributed by atoms with van der Waals surface area (Å²) >= 11 is 0. The molecule has 0 bridgehead atoms. The number of aliphatic hydroxyl groups excluding tert-OH is 1. The molecule has 1 amide bonds. The van der Waals surface area contributed by atoms with E-state index in [1.807, 2.05) is 19.1 Å². The number of carbonyl (C=O) groups excluding carboxylic acids is 1. The number of hydrogen-bond donors (Lipinski definition) is 5. The molecule has 8 heteroatoms. The molecule has 0 aliphatic rings. The highest BCUT2D eigenvalue weighted by molar-refractivity contribution is 6.07. The van der Waals surface area contributed by atoms with Crippen LogP contribution in [0, 0.1) is 0 Å². The summed E-state index contributed by atoms with van der Waals surface area (Å²) in [5, 5.41) is 17.1. The lowest BCUT2D eigenvalue weighted by molar-refractivity contribution is 0.102. The summed E-state index contributed by atoms with van der Waals surface area (Å²) in [6.45, 7) is 5.24. The van der Waals surface area contributed by atoms with Crippen molar-refractivity contribution < 1.29 is 14.6 Å². The summed E-state index contributed by atoms with van der Waals surface area (Å²) in [5.41, 5.74) is 12.1. The van der Waals surface area contributed by atoms with E-state index in [1.165, 1.54) is 0 Å². The first-order chi connectivity index (χ1) is 13.9. The number of H-pyrrole nitrogens is 1. The third-order valence-electron chi connectivity index (χ3n) is 4.33. The monoisotopic (exact) mass is 393 g/mol. The smallest absolute Gasteiger partial charge is 0.272 e. The maximum atomic E-state index is 12.6. The lowest BCUT2D eigenvalue weighted by Crippen LogP contribution is -2.15. The van der Waals surface area contributed by atoms with E-state index >= 15 is 0 Å². The van der Waals surface area contributed by atoms with Crippen LogP contribution < -0.4 is 21.2 Å². The van der Waals surface area contributed by atoms with Crippen LogP contribution in [0.2, 0.25) is 0 Å². The predicted octanol–water partition coefficient (Wildman–Crippen LogP) is 2.66. The van der Waals surface area contributed by atoms with E-state index < -0.39 is 0 Å². The average molecular weight is 393 g/mol. The van der Waals surface area contributed by atoms with Gasteiger partial charge in [0, 0.05) is 11.1 Å². The zero-order valence-corrected chi connectivity index (χ0v) is 16.2. The van der Waals surface area contributed by atoms with Crippen molar-refractivity contribution in [3.05, 3.63) is 71.7 Å². The van der Waals surface area contributed by atoms with Gasteiger partial charge in [-0.2, -0.15) is 5.10 Å². The number of aromatic amines is 1. The molecule has 1 heterocycles. The number of hydrogen-bond acceptors (Lipinski definition) is 6. The molecule has 0 spiro atoms. The van der Waals surface area contributed by atoms with Gasteiger partial charge in [0.05, 0.1) is 24.9 Å². The Hall–Kier alpha value is -3.78. The predicted molar refractivity (Wildman–Crippen MR) is 114 cm³/mol. The highest BCUT2D eigenvalue weighted by Crippen LogP contribution is 2.28. The molecule has 3 aromatic rings. The van der Waals surface area contributed by atoms with Crippen molar-refractivity contribution >= 4 is 28.2 Å². The van der Waals surface area contributed by atoms with Gasteiger partial charge in [0.2, 0.25) is 0 Å². The van der Waals surface area contributed by atoms with Gasteiger partial charge in [0.1, 0.15) is 17.3 Å². The molecule has 2 aromatic carbocycles. The maximum absolute atomic E-state index is 12.6. The topological polar surface area (TPSA) is 125 Å². The Bertz CT molecular complexity index is 1080. The van der Waals surface area contributed by atoms with Gasteiger partial charge in [0.25, 0.3) is 5.91 Å². The van der Waals surface area contributed by atoms with Crippen LogP contribution >= 0.6 is 0 Å². The summed E-state index contributed by atoms with van der Waals surface area (Å²) in [6, 6.07) is 12.5. The molecule has 0 aliphatic carbocycles. The lowest BCUT2D eigenvalue weighted by atomic mass is 10.1. The van der Waals surface area contributed by atoms with Crippen LogP contribution in [0.3, 0.4) is 0 Å². The molecule has 150 valence electrons. The normalized spacial score (nSPS) is 11.3. The second-order valence-corrected chi connectivity index (χ2v) is 6.47. The molecule has 6 N–H and O–H groups in total. The number of anilines is 1. The van der Waals surface area contributed by atoms with Crippen LogP contribution in [0.1, 0.15) is 28.5 Å². The number of fused-ring (bicyclic) bond motifs is 1. The van der Waals surface area contributed by atoms with E-state index in [0.29, 0.717) is 22.7 Å². The fraction of sp³-hybridized carbons (Fsp3) is 0.143. The molecule has 0 radical (unpaired) electrons. The number of aliphatic hydroxyl groups is 1. The summed E-state index contributed by atoms with van der Waals surface area (Å²) in [4.78, 5) is 15.7. The minimum atomic E-state index is -0.284. The number of nitrogens with zero attached hydrogens (tertiary/aromatic N) is 1. The van der Waals surface area contributed by atoms with Gasteiger partial charge in [0.15, 0.2) is 0 Å². The Morgan fingerprint density at radius 3 is 2.62 bits per heavy atom. The number of amides is 1. The highest BCUT2D eigenvalue weighted by atomic mass is 16.5. The molecule has 0 unspecified atom stereocenters. The first kappa shape index (κ1) is 20.0. The van der Waals surface area contributed by atoms with E-state index in [2.05, 4.69) is 27.4 Å². The van der Waals surface area contributed by atoms with Crippen LogP contribution in [0.25, 0.3) is 10.9 Å². The molecule has 1 aromatic heterocycles. The molecule has 3 rings (SSSR count). The summed E-state index contributed by atoms with van der Waals surface area (Å²) in [5.74, 6) is 0.567. The number of rotatable bonds is 7. The Morgan fingerprint density at radius 2 is 2.00 bits per heavy atom. The lowest BCUT2D eigenvalue weighted by Gasteiger charge is -2.06. The first-order valence-corrected chi connectivity index (χ1v) is 8.88. The fourth-order valence-corrected chi connectivity index (χ4v) is 2.86. The highest BCUT2D eigenvalue weighted by Gasteiger charge is 2.14. The number of carbonyl (C=O) groups is 1. The quantitative estimate of drug-likeness (QED) is 0.312. The van der Waals surface area contributed by atoms with Crippen LogP contribution in [-0.4, -0.2) is 28.8 Å². The van der Waals surface area contributed by atoms with Crippen molar-refractivity contribution in [2.45, 2.75) is 13.5 Å². The van der Waals surface area contributed by atoms with Crippen molar-refractivity contribution in [3.63, 3.8) is 0 Å². The van der Waals surface area contributed by atoms with E-state index in [0.717, 1.165) is 22.2 Å². The first-order valence-electron chi connectivity index (χ1n) is 8.88. The van der Waals surface area contributed by atoms with E-state index in [9.17, 15) is 9.90 Å². The van der Waals surface area contributed by atoms with Crippen LogP contribution in [0.4, 0.5) is 5.69 Å². The summed E-state index contributed by atoms with van der Waals surface area (Å²) < 4.78 is 5.36. The number of benzene rings is 2. The Kier molecular flexibility index (Phi) is 5.85. The molecular formula is C21H23N5O3. The number of ether oxygens (including phenoxy) is 1. The van der Waals surface area contributed by atoms with Gasteiger partial charge in [-0.05, 0) is 48.4 Å². The van der Waals surface area contributed by atoms with Gasteiger partial charge < -0.3 is 25.9 Å². The number of hydrazone groups is 1. The minimum absolute atomic E-state index is 0.114. The largest absolute Gasteiger partial charge is 0.496 e. The van der Waals surface area contributed by atoms with Gasteiger partial charge in [-0.15, -0.1) is 0 Å². The molecular weight excluding hydrogens is 370 g/mol. The fourth-order valence-electron chi connectivity index (χ4n) is 2.86. The Balaban J connectivity index is 1.78. The molecule has 0 saturated heterocycles. The number of nitrogens with one attached hydrogen (secondary N) is 3. The molecule has 0 aliphatic heterocycles. The summed E-state index contributed by atoms with van der Waals surface area (Å²) in [7, 11) is 1.55. The van der Waals surface area contributed by atoms with Crippen LogP contribution in [-0.2, 0) is 6.61 Å². The standard InChI is InChI=1S/C21H23N5O3/c1-12(25-26-13(2)22)15-4-6-16(7-5-15)23-21(28)19-10-17-18(24-19)8-14(11-27)9-20(17)29-3/h4-10,24,26-27H,2,11,22H2,1,3H3,(H,23,28)/b25-12+. The zero-order valence-electron chi connectivity index (χ0n) is 16.2. The van der Waals surface area contributed by atoms with Crippen molar-refractivity contribution in [2.75, 3.05) is 12.4 Å². The molecule has 29 heavy (non-hydrogen) atoms. The van der Waals surface area contributed by atoms with Gasteiger partial charge >= 0.3 is 0 Å². The Morgan fingerprint density at radius 1 is 1.28 bits per heavy atom. The Labute approximate surface area is 168 Å². The molecule has 0 fully saturated rings. The average Bonchev–Trinajstić information content (AvgIpc) is 3.16. The van der Waals surface area contributed by atoms with E-state index in [-0.39, 0.29) is 18.3 Å². The second-order valence-electron chi connectivity index (χ2n) is 6.47. The molecule has 8 nitrogen and oxygen atoms in total. The SMILES string of the molecule is C=C(N)N/N=C(\C)c1ccc(NC(=O)c2cc3c(OC)cc(CO)cc3[nH]2)cc1. The molecule has 0 saturated carbocycles. The van der Waals surface area contributed by atoms with E-state index in [1.54, 1.807) is 37.4 Å². The second kappa shape index (κ2) is 8.49. The number of nitrogens with two attached hydrogens (primary N) is 1. The molecule has 0 atom stereocenters. The third kappa shape index (κ3) is 4.56. The van der Waals surface area contributed by atoms with Crippen molar-refractivity contribution in [3.8, 4) is 5.75 Å². The van der Waals surface area contributed by atoms with Crippen LogP contribution in [0.15, 0.2) is 60.0 Å². The van der Waals surface area contributed by atoms with Gasteiger partial charge in [-0.1, -0.05) is 18.7 Å². The number of methoxy groups -OCH3 is 1. The van der Waals surface area contributed by atoms with Crippen molar-refractivity contribution in [2.24, 2.45) is 10.8 Å². The van der Waals surface area contributed by atoms with Crippen molar-refractivity contribution in [1.29, 1.82) is 0 Å². The number of aromatic nitrogens is 1. The third-order valence-corrected chi connectivity index (χ3v) is 4.33. The maximum Gasteiger partial charge on any atom is 0.272 e. The van der Waals surface area contributed by atoms with Gasteiger partial charge in [-0.3, -0.25) is 10.2 Å². The minimum Gasteiger partial charge on any atom is -0.496 e. The van der Waals surface area contributed by atoms with Crippen molar-refractivity contribution in [1.82, 2.24) is 10.4 Å². The van der Waals surface area contributed by atoms with Crippen LogP contribution in [0.5, 0.6) is 5.75 Å². The van der Waals surface area contributed by atoms with E-state index in [4.69, 9.17) is 10.5 Å².